The van der Waals surface area contributed by atoms with Gasteiger partial charge in [-0.05, 0) is 38.3 Å². The molecule has 6 heteroatoms. The van der Waals surface area contributed by atoms with Crippen molar-refractivity contribution in [2.45, 2.75) is 71.6 Å². The minimum absolute atomic E-state index is 0.0291. The summed E-state index contributed by atoms with van der Waals surface area (Å²) in [5.74, 6) is 0.904. The number of para-hydroxylation sites is 1. The summed E-state index contributed by atoms with van der Waals surface area (Å²) in [6.07, 6.45) is 10.3. The van der Waals surface area contributed by atoms with Crippen LogP contribution >= 0.6 is 11.3 Å². The minimum Gasteiger partial charge on any atom is -0.491 e. The summed E-state index contributed by atoms with van der Waals surface area (Å²) in [5, 5.41) is 6.91. The highest BCUT2D eigenvalue weighted by molar-refractivity contribution is 7.18. The first-order chi connectivity index (χ1) is 13.7. The van der Waals surface area contributed by atoms with Crippen LogP contribution in [0.2, 0.25) is 0 Å². The highest BCUT2D eigenvalue weighted by Gasteiger charge is 2.06. The van der Waals surface area contributed by atoms with Gasteiger partial charge in [0, 0.05) is 13.1 Å². The topological polar surface area (TPSA) is 63.2 Å². The predicted octanol–water partition coefficient (Wildman–Crippen LogP) is 5.81. The standard InChI is InChI=1S/C22H35N3O2S/c1-3-4-9-15-23-22(26)24-16-10-7-5-6-8-11-17-27-19-13-12-14-20-21(19)25-18(2)28-20/h12-14H,3-11,15-17H2,1-2H3,(H2,23,24,26). The quantitative estimate of drug-likeness (QED) is 0.390. The summed E-state index contributed by atoms with van der Waals surface area (Å²) in [7, 11) is 0. The van der Waals surface area contributed by atoms with Gasteiger partial charge < -0.3 is 15.4 Å². The number of unbranched alkanes of at least 4 members (excludes halogenated alkanes) is 7. The monoisotopic (exact) mass is 405 g/mol. The third kappa shape index (κ3) is 8.46. The van der Waals surface area contributed by atoms with Gasteiger partial charge in [-0.2, -0.15) is 0 Å². The van der Waals surface area contributed by atoms with Gasteiger partial charge in [-0.1, -0.05) is 51.5 Å². The Hall–Kier alpha value is -1.82. The highest BCUT2D eigenvalue weighted by atomic mass is 32.1. The van der Waals surface area contributed by atoms with E-state index in [9.17, 15) is 4.79 Å². The molecule has 0 fully saturated rings. The highest BCUT2D eigenvalue weighted by Crippen LogP contribution is 2.29. The Bertz CT molecular complexity index is 702. The van der Waals surface area contributed by atoms with Crippen LogP contribution in [0.4, 0.5) is 4.79 Å². The van der Waals surface area contributed by atoms with Crippen molar-refractivity contribution in [1.29, 1.82) is 0 Å². The maximum Gasteiger partial charge on any atom is 0.314 e. The number of carbonyl (C=O) groups excluding carboxylic acids is 1. The van der Waals surface area contributed by atoms with Crippen LogP contribution in [0.5, 0.6) is 5.75 Å². The molecule has 2 rings (SSSR count). The van der Waals surface area contributed by atoms with Crippen molar-refractivity contribution in [1.82, 2.24) is 15.6 Å². The number of urea groups is 1. The van der Waals surface area contributed by atoms with Gasteiger partial charge in [0.2, 0.25) is 0 Å². The molecule has 0 aliphatic rings. The van der Waals surface area contributed by atoms with E-state index < -0.39 is 0 Å². The lowest BCUT2D eigenvalue weighted by atomic mass is 10.1. The van der Waals surface area contributed by atoms with Crippen LogP contribution in [0.3, 0.4) is 0 Å². The van der Waals surface area contributed by atoms with E-state index >= 15 is 0 Å². The molecule has 0 saturated carbocycles. The van der Waals surface area contributed by atoms with E-state index in [0.717, 1.165) is 61.7 Å². The van der Waals surface area contributed by atoms with Crippen LogP contribution in [-0.2, 0) is 0 Å². The molecular weight excluding hydrogens is 370 g/mol. The molecule has 0 saturated heterocycles. The van der Waals surface area contributed by atoms with E-state index in [-0.39, 0.29) is 6.03 Å². The first-order valence-electron chi connectivity index (χ1n) is 10.7. The molecule has 1 aromatic heterocycles. The summed E-state index contributed by atoms with van der Waals surface area (Å²) in [5.41, 5.74) is 0.993. The molecule has 0 bridgehead atoms. The number of aryl methyl sites for hydroxylation is 1. The molecule has 5 nitrogen and oxygen atoms in total. The number of nitrogens with zero attached hydrogens (tertiary/aromatic N) is 1. The van der Waals surface area contributed by atoms with Crippen molar-refractivity contribution < 1.29 is 9.53 Å². The van der Waals surface area contributed by atoms with Crippen LogP contribution in [0.1, 0.15) is 69.7 Å². The molecule has 0 spiro atoms. The second kappa shape index (κ2) is 13.4. The maximum atomic E-state index is 11.6. The minimum atomic E-state index is -0.0291. The zero-order valence-corrected chi connectivity index (χ0v) is 18.2. The van der Waals surface area contributed by atoms with E-state index in [1.165, 1.54) is 36.8 Å². The van der Waals surface area contributed by atoms with Crippen molar-refractivity contribution in [2.75, 3.05) is 19.7 Å². The maximum absolute atomic E-state index is 11.6. The Morgan fingerprint density at radius 2 is 1.68 bits per heavy atom. The normalized spacial score (nSPS) is 10.9. The van der Waals surface area contributed by atoms with Crippen LogP contribution in [0.25, 0.3) is 10.2 Å². The van der Waals surface area contributed by atoms with Gasteiger partial charge in [-0.3, -0.25) is 0 Å². The van der Waals surface area contributed by atoms with Crippen LogP contribution < -0.4 is 15.4 Å². The molecule has 156 valence electrons. The number of fused-ring (bicyclic) bond motifs is 1. The van der Waals surface area contributed by atoms with Crippen LogP contribution in [-0.4, -0.2) is 30.7 Å². The number of nitrogens with one attached hydrogen (secondary N) is 2. The molecule has 1 heterocycles. The van der Waals surface area contributed by atoms with E-state index in [1.54, 1.807) is 11.3 Å². The van der Waals surface area contributed by atoms with Gasteiger partial charge >= 0.3 is 6.03 Å². The molecule has 28 heavy (non-hydrogen) atoms. The second-order valence-electron chi connectivity index (χ2n) is 7.20. The fraction of sp³-hybridized carbons (Fsp3) is 0.636. The predicted molar refractivity (Wildman–Crippen MR) is 118 cm³/mol. The smallest absolute Gasteiger partial charge is 0.314 e. The zero-order chi connectivity index (χ0) is 20.0. The van der Waals surface area contributed by atoms with Gasteiger partial charge in [0.05, 0.1) is 16.3 Å². The second-order valence-corrected chi connectivity index (χ2v) is 8.43. The van der Waals surface area contributed by atoms with E-state index in [1.807, 2.05) is 19.1 Å². The number of aromatic nitrogens is 1. The third-order valence-electron chi connectivity index (χ3n) is 4.67. The third-order valence-corrected chi connectivity index (χ3v) is 5.61. The fourth-order valence-corrected chi connectivity index (χ4v) is 3.95. The van der Waals surface area contributed by atoms with E-state index in [0.29, 0.717) is 0 Å². The first kappa shape index (κ1) is 22.5. The first-order valence-corrected chi connectivity index (χ1v) is 11.5. The van der Waals surface area contributed by atoms with Gasteiger partial charge in [0.15, 0.2) is 0 Å². The molecule has 1 aromatic carbocycles. The zero-order valence-electron chi connectivity index (χ0n) is 17.4. The van der Waals surface area contributed by atoms with Gasteiger partial charge in [0.1, 0.15) is 11.3 Å². The van der Waals surface area contributed by atoms with Gasteiger partial charge in [-0.15, -0.1) is 11.3 Å². The molecule has 0 aliphatic heterocycles. The number of benzene rings is 1. The lowest BCUT2D eigenvalue weighted by Gasteiger charge is -2.08. The number of amides is 2. The molecule has 0 aliphatic carbocycles. The summed E-state index contributed by atoms with van der Waals surface area (Å²) in [6, 6.07) is 6.11. The lowest BCUT2D eigenvalue weighted by Crippen LogP contribution is -2.36. The molecule has 2 aromatic rings. The molecule has 2 N–H and O–H groups in total. The summed E-state index contributed by atoms with van der Waals surface area (Å²) < 4.78 is 7.13. The van der Waals surface area contributed by atoms with Gasteiger partial charge in [-0.25, -0.2) is 9.78 Å². The fourth-order valence-electron chi connectivity index (χ4n) is 3.11. The van der Waals surface area contributed by atoms with Crippen molar-refractivity contribution in [2.24, 2.45) is 0 Å². The summed E-state index contributed by atoms with van der Waals surface area (Å²) in [4.78, 5) is 16.1. The van der Waals surface area contributed by atoms with Crippen molar-refractivity contribution in [3.8, 4) is 5.75 Å². The number of ether oxygens (including phenoxy) is 1. The Kier molecular flexibility index (Phi) is 10.7. The average Bonchev–Trinajstić information content (AvgIpc) is 3.07. The number of carbonyl (C=O) groups is 1. The summed E-state index contributed by atoms with van der Waals surface area (Å²) in [6.45, 7) is 6.48. The van der Waals surface area contributed by atoms with Crippen molar-refractivity contribution in [3.05, 3.63) is 23.2 Å². The number of hydrogen-bond donors (Lipinski definition) is 2. The molecule has 0 unspecified atom stereocenters. The molecular formula is C22H35N3O2S. The number of thiazole rings is 1. The molecule has 0 radical (unpaired) electrons. The Morgan fingerprint density at radius 3 is 2.43 bits per heavy atom. The van der Waals surface area contributed by atoms with Crippen molar-refractivity contribution >= 4 is 27.6 Å². The summed E-state index contributed by atoms with van der Waals surface area (Å²) >= 11 is 1.71. The van der Waals surface area contributed by atoms with Gasteiger partial charge in [0.25, 0.3) is 0 Å². The van der Waals surface area contributed by atoms with E-state index in [4.69, 9.17) is 4.74 Å². The van der Waals surface area contributed by atoms with Crippen molar-refractivity contribution in [3.63, 3.8) is 0 Å². The van der Waals surface area contributed by atoms with E-state index in [2.05, 4.69) is 28.6 Å². The Balaban J connectivity index is 1.43. The van der Waals surface area contributed by atoms with Crippen LogP contribution in [0.15, 0.2) is 18.2 Å². The SMILES string of the molecule is CCCCCNC(=O)NCCCCCCCCOc1cccc2sc(C)nc12. The average molecular weight is 406 g/mol. The molecule has 0 atom stereocenters. The Labute approximate surface area is 173 Å². The Morgan fingerprint density at radius 1 is 1.00 bits per heavy atom. The molecule has 2 amide bonds. The lowest BCUT2D eigenvalue weighted by molar-refractivity contribution is 0.240. The number of hydrogen-bond acceptors (Lipinski definition) is 4. The van der Waals surface area contributed by atoms with Crippen LogP contribution in [0, 0.1) is 6.92 Å². The largest absolute Gasteiger partial charge is 0.491 e. The number of rotatable bonds is 14.